The molecule has 0 amide bonds. The van der Waals surface area contributed by atoms with E-state index in [2.05, 4.69) is 76.9 Å². The van der Waals surface area contributed by atoms with Gasteiger partial charge in [-0.3, -0.25) is 0 Å². The molecule has 0 bridgehead atoms. The molecule has 5 rings (SSSR count). The molecular formula is C25H28N4. The number of anilines is 1. The van der Waals surface area contributed by atoms with E-state index in [4.69, 9.17) is 0 Å². The van der Waals surface area contributed by atoms with Crippen LogP contribution in [0.5, 0.6) is 0 Å². The van der Waals surface area contributed by atoms with E-state index in [1.165, 1.54) is 54.4 Å². The zero-order valence-corrected chi connectivity index (χ0v) is 17.0. The minimum absolute atomic E-state index is 0.0488. The first kappa shape index (κ1) is 18.2. The molecule has 2 aromatic carbocycles. The molecule has 1 fully saturated rings. The Bertz CT molecular complexity index is 992. The fourth-order valence-electron chi connectivity index (χ4n) is 4.66. The van der Waals surface area contributed by atoms with Crippen LogP contribution in [0.1, 0.15) is 73.2 Å². The van der Waals surface area contributed by atoms with Gasteiger partial charge in [-0.05, 0) is 53.5 Å². The lowest BCUT2D eigenvalue weighted by Crippen LogP contribution is -2.20. The van der Waals surface area contributed by atoms with E-state index in [-0.39, 0.29) is 6.04 Å². The van der Waals surface area contributed by atoms with Crippen molar-refractivity contribution in [3.05, 3.63) is 83.2 Å². The summed E-state index contributed by atoms with van der Waals surface area (Å²) in [5.74, 6) is 1.53. The zero-order chi connectivity index (χ0) is 19.6. The maximum absolute atomic E-state index is 4.46. The van der Waals surface area contributed by atoms with Gasteiger partial charge in [-0.1, -0.05) is 74.7 Å². The Hall–Kier alpha value is -2.88. The first-order valence-electron chi connectivity index (χ1n) is 10.9. The monoisotopic (exact) mass is 384 g/mol. The number of benzene rings is 2. The summed E-state index contributed by atoms with van der Waals surface area (Å²) >= 11 is 0. The summed E-state index contributed by atoms with van der Waals surface area (Å²) in [4.78, 5) is 4.43. The Morgan fingerprint density at radius 3 is 2.38 bits per heavy atom. The predicted molar refractivity (Wildman–Crippen MR) is 118 cm³/mol. The molecule has 4 nitrogen and oxygen atoms in total. The Morgan fingerprint density at radius 2 is 1.66 bits per heavy atom. The number of nitrogens with zero attached hydrogens (tertiary/aromatic N) is 3. The van der Waals surface area contributed by atoms with Crippen LogP contribution in [0, 0.1) is 0 Å². The standard InChI is InChI=1S/C25H28N4/c1-2-18-8-10-22(11-9-18)24-16-23(28-25-26-17-27-29(24)25)21-14-12-20(13-15-21)19-6-4-3-5-7-19/h8-17,19,24H,2-7H2,1H3,(H,26,27,28)/t24-/m0/s1. The Labute approximate surface area is 172 Å². The van der Waals surface area contributed by atoms with Crippen molar-refractivity contribution in [1.29, 1.82) is 0 Å². The van der Waals surface area contributed by atoms with Crippen molar-refractivity contribution in [3.63, 3.8) is 0 Å². The van der Waals surface area contributed by atoms with Crippen molar-refractivity contribution in [2.45, 2.75) is 57.4 Å². The molecule has 0 unspecified atom stereocenters. The van der Waals surface area contributed by atoms with Crippen LogP contribution in [-0.4, -0.2) is 14.8 Å². The fraction of sp³-hybridized carbons (Fsp3) is 0.360. The summed E-state index contributed by atoms with van der Waals surface area (Å²) in [5.41, 5.74) is 6.37. The number of rotatable bonds is 4. The van der Waals surface area contributed by atoms with Crippen molar-refractivity contribution in [1.82, 2.24) is 14.8 Å². The molecule has 3 aromatic rings. The zero-order valence-electron chi connectivity index (χ0n) is 17.0. The Morgan fingerprint density at radius 1 is 0.931 bits per heavy atom. The largest absolute Gasteiger partial charge is 0.324 e. The van der Waals surface area contributed by atoms with E-state index in [1.807, 2.05) is 4.68 Å². The van der Waals surface area contributed by atoms with Crippen molar-refractivity contribution in [2.75, 3.05) is 5.32 Å². The summed E-state index contributed by atoms with van der Waals surface area (Å²) in [6.45, 7) is 2.18. The molecule has 148 valence electrons. The molecule has 1 saturated carbocycles. The van der Waals surface area contributed by atoms with E-state index < -0.39 is 0 Å². The quantitative estimate of drug-likeness (QED) is 0.605. The molecule has 1 N–H and O–H groups in total. The third kappa shape index (κ3) is 3.59. The lowest BCUT2D eigenvalue weighted by atomic mass is 9.84. The van der Waals surface area contributed by atoms with Gasteiger partial charge in [0.25, 0.3) is 0 Å². The maximum Gasteiger partial charge on any atom is 0.226 e. The molecule has 29 heavy (non-hydrogen) atoms. The highest BCUT2D eigenvalue weighted by atomic mass is 15.4. The van der Waals surface area contributed by atoms with Crippen molar-refractivity contribution < 1.29 is 0 Å². The number of fused-ring (bicyclic) bond motifs is 1. The highest BCUT2D eigenvalue weighted by molar-refractivity contribution is 5.77. The summed E-state index contributed by atoms with van der Waals surface area (Å²) in [7, 11) is 0. The second-order valence-corrected chi connectivity index (χ2v) is 8.23. The summed E-state index contributed by atoms with van der Waals surface area (Å²) < 4.78 is 1.96. The third-order valence-electron chi connectivity index (χ3n) is 6.44. The van der Waals surface area contributed by atoms with Crippen LogP contribution in [0.3, 0.4) is 0 Å². The van der Waals surface area contributed by atoms with E-state index in [0.717, 1.165) is 24.0 Å². The summed E-state index contributed by atoms with van der Waals surface area (Å²) in [5, 5.41) is 7.92. The number of hydrogen-bond donors (Lipinski definition) is 1. The first-order chi connectivity index (χ1) is 14.3. The number of allylic oxidation sites excluding steroid dienone is 1. The summed E-state index contributed by atoms with van der Waals surface area (Å²) in [6, 6.07) is 18.0. The van der Waals surface area contributed by atoms with Crippen LogP contribution in [0.2, 0.25) is 0 Å². The number of aromatic nitrogens is 3. The van der Waals surface area contributed by atoms with Gasteiger partial charge in [-0.15, -0.1) is 0 Å². The van der Waals surface area contributed by atoms with Gasteiger partial charge in [-0.25, -0.2) is 4.68 Å². The molecule has 2 aliphatic rings. The van der Waals surface area contributed by atoms with Crippen LogP contribution in [-0.2, 0) is 6.42 Å². The van der Waals surface area contributed by atoms with Crippen LogP contribution >= 0.6 is 0 Å². The van der Waals surface area contributed by atoms with Gasteiger partial charge >= 0.3 is 0 Å². The summed E-state index contributed by atoms with van der Waals surface area (Å²) in [6.07, 6.45) is 11.7. The van der Waals surface area contributed by atoms with E-state index in [0.29, 0.717) is 0 Å². The van der Waals surface area contributed by atoms with Gasteiger partial charge in [-0.2, -0.15) is 10.1 Å². The van der Waals surface area contributed by atoms with E-state index in [1.54, 1.807) is 6.33 Å². The lowest BCUT2D eigenvalue weighted by Gasteiger charge is -2.25. The van der Waals surface area contributed by atoms with Gasteiger partial charge in [0.2, 0.25) is 5.95 Å². The van der Waals surface area contributed by atoms with E-state index >= 15 is 0 Å². The molecule has 0 radical (unpaired) electrons. The SMILES string of the molecule is CCc1ccc([C@@H]2C=C(c3ccc(C4CCCCC4)cc3)Nc3ncnn32)cc1. The van der Waals surface area contributed by atoms with Gasteiger partial charge in [0.1, 0.15) is 12.4 Å². The molecule has 2 heterocycles. The van der Waals surface area contributed by atoms with Gasteiger partial charge < -0.3 is 5.32 Å². The number of nitrogens with one attached hydrogen (secondary N) is 1. The third-order valence-corrected chi connectivity index (χ3v) is 6.44. The van der Waals surface area contributed by atoms with Gasteiger partial charge in [0.15, 0.2) is 0 Å². The molecular weight excluding hydrogens is 356 g/mol. The fourth-order valence-corrected chi connectivity index (χ4v) is 4.66. The Balaban J connectivity index is 1.45. The van der Waals surface area contributed by atoms with Crippen LogP contribution in [0.25, 0.3) is 5.70 Å². The number of hydrogen-bond acceptors (Lipinski definition) is 3. The predicted octanol–water partition coefficient (Wildman–Crippen LogP) is 5.94. The van der Waals surface area contributed by atoms with Crippen molar-refractivity contribution in [3.8, 4) is 0 Å². The van der Waals surface area contributed by atoms with Gasteiger partial charge in [0.05, 0.1) is 0 Å². The molecule has 0 saturated heterocycles. The average Bonchev–Trinajstić information content (AvgIpc) is 3.28. The van der Waals surface area contributed by atoms with Crippen molar-refractivity contribution >= 4 is 11.6 Å². The number of aryl methyl sites for hydroxylation is 1. The lowest BCUT2D eigenvalue weighted by molar-refractivity contribution is 0.443. The van der Waals surface area contributed by atoms with Crippen LogP contribution in [0.15, 0.2) is 60.9 Å². The molecule has 0 spiro atoms. The van der Waals surface area contributed by atoms with Crippen LogP contribution < -0.4 is 5.32 Å². The second-order valence-electron chi connectivity index (χ2n) is 8.23. The second kappa shape index (κ2) is 7.86. The minimum Gasteiger partial charge on any atom is -0.324 e. The molecule has 1 aliphatic heterocycles. The highest BCUT2D eigenvalue weighted by Gasteiger charge is 2.23. The van der Waals surface area contributed by atoms with Gasteiger partial charge in [0, 0.05) is 5.70 Å². The Kier molecular flexibility index (Phi) is 4.92. The smallest absolute Gasteiger partial charge is 0.226 e. The maximum atomic E-state index is 4.46. The topological polar surface area (TPSA) is 42.7 Å². The molecule has 1 aliphatic carbocycles. The van der Waals surface area contributed by atoms with E-state index in [9.17, 15) is 0 Å². The average molecular weight is 385 g/mol. The minimum atomic E-state index is 0.0488. The highest BCUT2D eigenvalue weighted by Crippen LogP contribution is 2.35. The first-order valence-corrected chi connectivity index (χ1v) is 10.9. The molecule has 4 heteroatoms. The normalized spacial score (nSPS) is 19.3. The molecule has 1 aromatic heterocycles. The van der Waals surface area contributed by atoms with Crippen LogP contribution in [0.4, 0.5) is 5.95 Å². The molecule has 1 atom stereocenters. The van der Waals surface area contributed by atoms with Crippen molar-refractivity contribution in [2.24, 2.45) is 0 Å².